The highest BCUT2D eigenvalue weighted by molar-refractivity contribution is 8.00. The van der Waals surface area contributed by atoms with Crippen LogP contribution in [0.1, 0.15) is 36.2 Å². The van der Waals surface area contributed by atoms with Gasteiger partial charge in [0.2, 0.25) is 5.91 Å². The van der Waals surface area contributed by atoms with Gasteiger partial charge in [0, 0.05) is 29.5 Å². The molecule has 1 aromatic carbocycles. The molecule has 1 aromatic heterocycles. The summed E-state index contributed by atoms with van der Waals surface area (Å²) in [5.41, 5.74) is 1.89. The van der Waals surface area contributed by atoms with Crippen LogP contribution in [-0.2, 0) is 23.7 Å². The average molecular weight is 590 g/mol. The molecule has 2 saturated heterocycles. The van der Waals surface area contributed by atoms with Gasteiger partial charge in [0.15, 0.2) is 0 Å². The molecule has 2 aliphatic heterocycles. The largest absolute Gasteiger partial charge is 0.459 e. The lowest BCUT2D eigenvalue weighted by Crippen LogP contribution is -2.36. The number of amides is 3. The highest BCUT2D eigenvalue weighted by Crippen LogP contribution is 2.33. The molecule has 41 heavy (non-hydrogen) atoms. The van der Waals surface area contributed by atoms with Crippen molar-refractivity contribution in [3.05, 3.63) is 42.1 Å². The summed E-state index contributed by atoms with van der Waals surface area (Å²) in [5.74, 6) is 0.502. The maximum absolute atomic E-state index is 12.1. The van der Waals surface area contributed by atoms with Crippen LogP contribution in [0.25, 0.3) is 11.3 Å². The predicted molar refractivity (Wildman–Crippen MR) is 154 cm³/mol. The third-order valence-corrected chi connectivity index (χ3v) is 8.23. The van der Waals surface area contributed by atoms with E-state index in [4.69, 9.17) is 18.9 Å². The van der Waals surface area contributed by atoms with Gasteiger partial charge in [0.25, 0.3) is 0 Å². The number of carbonyl (C=O) groups is 3. The molecular formula is C28H39N5O7S. The van der Waals surface area contributed by atoms with Crippen molar-refractivity contribution in [1.82, 2.24) is 26.1 Å². The average Bonchev–Trinajstić information content (AvgIpc) is 3.71. The summed E-state index contributed by atoms with van der Waals surface area (Å²) < 4.78 is 21.6. The van der Waals surface area contributed by atoms with E-state index in [1.165, 1.54) is 0 Å². The number of nitrogens with one attached hydrogen (secondary N) is 4. The third kappa shape index (κ3) is 10.3. The lowest BCUT2D eigenvalue weighted by molar-refractivity contribution is -0.121. The van der Waals surface area contributed by atoms with Crippen molar-refractivity contribution in [2.75, 3.05) is 58.5 Å². The molecule has 0 spiro atoms. The number of aromatic nitrogens is 2. The minimum Gasteiger partial charge on any atom is -0.459 e. The van der Waals surface area contributed by atoms with E-state index < -0.39 is 5.97 Å². The van der Waals surface area contributed by atoms with Crippen molar-refractivity contribution in [3.8, 4) is 11.3 Å². The first-order valence-electron chi connectivity index (χ1n) is 14.1. The van der Waals surface area contributed by atoms with Crippen LogP contribution < -0.4 is 16.0 Å². The molecule has 224 valence electrons. The van der Waals surface area contributed by atoms with Crippen molar-refractivity contribution < 1.29 is 33.3 Å². The molecule has 2 aromatic rings. The number of aromatic amines is 1. The Morgan fingerprint density at radius 1 is 0.951 bits per heavy atom. The number of hydrogen-bond donors (Lipinski definition) is 4. The number of fused-ring (bicyclic) bond motifs is 1. The summed E-state index contributed by atoms with van der Waals surface area (Å²) in [6.07, 6.45) is 3.30. The van der Waals surface area contributed by atoms with Crippen molar-refractivity contribution in [1.29, 1.82) is 0 Å². The molecule has 3 amide bonds. The van der Waals surface area contributed by atoms with Crippen LogP contribution in [0.2, 0.25) is 0 Å². The molecule has 0 aliphatic carbocycles. The van der Waals surface area contributed by atoms with Crippen LogP contribution in [0, 0.1) is 0 Å². The number of esters is 1. The number of thioether (sulfide) groups is 1. The summed E-state index contributed by atoms with van der Waals surface area (Å²) in [7, 11) is 0. The second-order valence-electron chi connectivity index (χ2n) is 9.72. The van der Waals surface area contributed by atoms with Gasteiger partial charge in [-0.1, -0.05) is 36.8 Å². The first-order chi connectivity index (χ1) is 20.1. The minimum atomic E-state index is -0.483. The predicted octanol–water partition coefficient (Wildman–Crippen LogP) is 2.13. The lowest BCUT2D eigenvalue weighted by atomic mass is 10.0. The molecule has 0 unspecified atom stereocenters. The van der Waals surface area contributed by atoms with Gasteiger partial charge in [-0.05, 0) is 18.9 Å². The molecule has 3 heterocycles. The zero-order chi connectivity index (χ0) is 28.7. The van der Waals surface area contributed by atoms with E-state index in [1.807, 2.05) is 42.1 Å². The van der Waals surface area contributed by atoms with Crippen molar-refractivity contribution in [3.63, 3.8) is 0 Å². The van der Waals surface area contributed by atoms with Gasteiger partial charge < -0.3 is 34.9 Å². The molecule has 13 heteroatoms. The Morgan fingerprint density at radius 3 is 2.46 bits per heavy atom. The molecule has 3 atom stereocenters. The molecule has 2 fully saturated rings. The van der Waals surface area contributed by atoms with Gasteiger partial charge in [0.05, 0.1) is 57.4 Å². The topological polar surface area (TPSA) is 153 Å². The molecule has 0 saturated carbocycles. The molecule has 12 nitrogen and oxygen atoms in total. The molecule has 2 aliphatic rings. The molecule has 4 rings (SSSR count). The van der Waals surface area contributed by atoms with Gasteiger partial charge in [-0.25, -0.2) is 9.59 Å². The molecule has 4 N–H and O–H groups in total. The Morgan fingerprint density at radius 2 is 1.68 bits per heavy atom. The molecule has 0 radical (unpaired) electrons. The number of carbonyl (C=O) groups excluding carboxylic acids is 3. The summed E-state index contributed by atoms with van der Waals surface area (Å²) in [4.78, 5) is 35.6. The summed E-state index contributed by atoms with van der Waals surface area (Å²) >= 11 is 1.90. The Bertz CT molecular complexity index is 1100. The van der Waals surface area contributed by atoms with Crippen LogP contribution in [0.3, 0.4) is 0 Å². The van der Waals surface area contributed by atoms with Gasteiger partial charge >= 0.3 is 12.0 Å². The van der Waals surface area contributed by atoms with Gasteiger partial charge in [-0.3, -0.25) is 9.89 Å². The van der Waals surface area contributed by atoms with Gasteiger partial charge in [0.1, 0.15) is 12.3 Å². The smallest absolute Gasteiger partial charge is 0.356 e. The first-order valence-corrected chi connectivity index (χ1v) is 15.1. The zero-order valence-electron chi connectivity index (χ0n) is 23.1. The zero-order valence-corrected chi connectivity index (χ0v) is 23.9. The highest BCUT2D eigenvalue weighted by Gasteiger charge is 2.42. The van der Waals surface area contributed by atoms with Crippen LogP contribution >= 0.6 is 11.8 Å². The number of ether oxygens (including phenoxy) is 4. The second kappa shape index (κ2) is 17.0. The number of hydrogen-bond acceptors (Lipinski definition) is 9. The number of unbranched alkanes of at least 4 members (excludes halogenated alkanes) is 1. The third-order valence-electron chi connectivity index (χ3n) is 6.72. The highest BCUT2D eigenvalue weighted by atomic mass is 32.2. The Hall–Kier alpha value is -3.13. The normalized spacial score (nSPS) is 19.4. The Kier molecular flexibility index (Phi) is 12.8. The van der Waals surface area contributed by atoms with Gasteiger partial charge in [-0.2, -0.15) is 16.9 Å². The minimum absolute atomic E-state index is 0.0296. The van der Waals surface area contributed by atoms with E-state index >= 15 is 0 Å². The monoisotopic (exact) mass is 589 g/mol. The van der Waals surface area contributed by atoms with E-state index in [9.17, 15) is 14.4 Å². The fourth-order valence-electron chi connectivity index (χ4n) is 4.62. The second-order valence-corrected chi connectivity index (χ2v) is 11.0. The summed E-state index contributed by atoms with van der Waals surface area (Å²) in [6.45, 7) is 2.91. The summed E-state index contributed by atoms with van der Waals surface area (Å²) in [5, 5.41) is 16.1. The van der Waals surface area contributed by atoms with E-state index in [1.54, 1.807) is 6.07 Å². The number of rotatable bonds is 19. The first kappa shape index (κ1) is 30.8. The van der Waals surface area contributed by atoms with Gasteiger partial charge in [-0.15, -0.1) is 0 Å². The molecule has 0 bridgehead atoms. The fourth-order valence-corrected chi connectivity index (χ4v) is 6.16. The number of urea groups is 1. The van der Waals surface area contributed by atoms with Crippen molar-refractivity contribution >= 4 is 29.7 Å². The van der Waals surface area contributed by atoms with E-state index in [-0.39, 0.29) is 37.2 Å². The lowest BCUT2D eigenvalue weighted by Gasteiger charge is -2.16. The van der Waals surface area contributed by atoms with Crippen LogP contribution in [0.5, 0.6) is 0 Å². The fraction of sp³-hybridized carbons (Fsp3) is 0.571. The SMILES string of the molecule is O=C(CCCC[C@@H]1SC[C@@H]2NC(=O)N[C@@H]21)NCCOCCOCCOCCOC(=O)c1cc(-c2ccccc2)n[nH]1. The Labute approximate surface area is 244 Å². The number of nitrogens with zero attached hydrogens (tertiary/aromatic N) is 1. The standard InChI is InChI=1S/C28H39N5O7S/c34-25(9-5-4-8-24-26-23(19-41-24)30-28(36)31-26)29-10-11-37-12-13-38-14-15-39-16-17-40-27(35)22-18-21(32-33-22)20-6-2-1-3-7-20/h1-3,6-7,18,23-24,26H,4-5,8-17,19H2,(H,29,34)(H,32,33)(H2,30,31,36)/t23-,24-,26-/m0/s1. The number of H-pyrrole nitrogens is 1. The van der Waals surface area contributed by atoms with Crippen LogP contribution in [-0.4, -0.2) is 104 Å². The maximum Gasteiger partial charge on any atom is 0.356 e. The number of benzene rings is 1. The van der Waals surface area contributed by atoms with E-state index in [0.717, 1.165) is 30.6 Å². The van der Waals surface area contributed by atoms with Crippen molar-refractivity contribution in [2.45, 2.75) is 43.0 Å². The Balaban J connectivity index is 0.891. The molecular weight excluding hydrogens is 550 g/mol. The maximum atomic E-state index is 12.1. The van der Waals surface area contributed by atoms with Crippen LogP contribution in [0.4, 0.5) is 4.79 Å². The van der Waals surface area contributed by atoms with E-state index in [2.05, 4.69) is 26.1 Å². The summed E-state index contributed by atoms with van der Waals surface area (Å²) in [6, 6.07) is 11.6. The van der Waals surface area contributed by atoms with Crippen molar-refractivity contribution in [2.24, 2.45) is 0 Å². The quantitative estimate of drug-likeness (QED) is 0.110. The van der Waals surface area contributed by atoms with Crippen LogP contribution in [0.15, 0.2) is 36.4 Å². The van der Waals surface area contributed by atoms with E-state index in [0.29, 0.717) is 62.6 Å².